The molecule has 0 aliphatic carbocycles. The van der Waals surface area contributed by atoms with Crippen LogP contribution < -0.4 is 0 Å². The second-order valence-corrected chi connectivity index (χ2v) is 3.24. The van der Waals surface area contributed by atoms with Crippen molar-refractivity contribution in [1.82, 2.24) is 40.8 Å². The van der Waals surface area contributed by atoms with Gasteiger partial charge in [0.1, 0.15) is 17.1 Å². The van der Waals surface area contributed by atoms with Crippen LogP contribution in [-0.4, -0.2) is 40.8 Å². The summed E-state index contributed by atoms with van der Waals surface area (Å²) < 4.78 is 0. The Kier molecular flexibility index (Phi) is 2.59. The first-order chi connectivity index (χ1) is 8.95. The molecule has 0 saturated carbocycles. The Morgan fingerprint density at radius 2 is 1.61 bits per heavy atom. The summed E-state index contributed by atoms with van der Waals surface area (Å²) in [7, 11) is 0. The lowest BCUT2D eigenvalue weighted by Crippen LogP contribution is -1.98. The Morgan fingerprint density at radius 1 is 0.889 bits per heavy atom. The van der Waals surface area contributed by atoms with Crippen LogP contribution in [0, 0.1) is 6.33 Å². The van der Waals surface area contributed by atoms with Gasteiger partial charge in [0.2, 0.25) is 0 Å². The molecule has 3 aromatic rings. The van der Waals surface area contributed by atoms with Crippen molar-refractivity contribution in [2.45, 2.75) is 0 Å². The molecule has 3 aromatic heterocycles. The van der Waals surface area contributed by atoms with Gasteiger partial charge in [-0.15, -0.1) is 20.4 Å². The van der Waals surface area contributed by atoms with Gasteiger partial charge in [-0.25, -0.2) is 9.97 Å². The Labute approximate surface area is 101 Å². The number of hydrogen-bond donors (Lipinski definition) is 0. The van der Waals surface area contributed by atoms with Gasteiger partial charge >= 0.3 is 0 Å². The quantitative estimate of drug-likeness (QED) is 0.612. The molecule has 1 radical (unpaired) electrons. The molecule has 85 valence electrons. The van der Waals surface area contributed by atoms with E-state index in [2.05, 4.69) is 47.1 Å². The van der Waals surface area contributed by atoms with Gasteiger partial charge in [0.05, 0.1) is 12.4 Å². The molecular weight excluding hydrogens is 232 g/mol. The van der Waals surface area contributed by atoms with Crippen LogP contribution in [0.3, 0.4) is 0 Å². The van der Waals surface area contributed by atoms with Crippen LogP contribution in [0.4, 0.5) is 0 Å². The number of rotatable bonds is 2. The molecule has 0 aromatic carbocycles. The van der Waals surface area contributed by atoms with Gasteiger partial charge < -0.3 is 0 Å². The van der Waals surface area contributed by atoms with Gasteiger partial charge in [-0.2, -0.15) is 0 Å². The van der Waals surface area contributed by atoms with Gasteiger partial charge in [-0.1, -0.05) is 0 Å². The molecule has 18 heavy (non-hydrogen) atoms. The molecule has 0 amide bonds. The summed E-state index contributed by atoms with van der Waals surface area (Å²) in [4.78, 5) is 7.93. The van der Waals surface area contributed by atoms with E-state index in [-0.39, 0.29) is 0 Å². The van der Waals surface area contributed by atoms with Crippen molar-refractivity contribution < 1.29 is 0 Å². The zero-order valence-electron chi connectivity index (χ0n) is 8.96. The summed E-state index contributed by atoms with van der Waals surface area (Å²) in [5.41, 5.74) is 2.43. The Hall–Kier alpha value is -2.90. The predicted octanol–water partition coefficient (Wildman–Crippen LogP) is -0.0192. The lowest BCUT2D eigenvalue weighted by molar-refractivity contribution is 0.861. The zero-order valence-corrected chi connectivity index (χ0v) is 8.96. The van der Waals surface area contributed by atoms with Gasteiger partial charge in [0, 0.05) is 11.8 Å². The molecule has 0 N–H and O–H groups in total. The molecule has 0 bridgehead atoms. The third-order valence-electron chi connectivity index (χ3n) is 2.19. The van der Waals surface area contributed by atoms with E-state index >= 15 is 0 Å². The molecule has 0 aliphatic rings. The first-order valence-corrected chi connectivity index (χ1v) is 4.98. The summed E-state index contributed by atoms with van der Waals surface area (Å²) in [5.74, 6) is 0. The maximum absolute atomic E-state index is 4.07. The summed E-state index contributed by atoms with van der Waals surface area (Å²) >= 11 is 0. The largest absolute Gasteiger partial charge is 0.233 e. The van der Waals surface area contributed by atoms with Crippen molar-refractivity contribution >= 4 is 0 Å². The molecule has 0 aliphatic heterocycles. The number of aromatic nitrogens is 8. The van der Waals surface area contributed by atoms with E-state index in [0.29, 0.717) is 22.6 Å². The molecule has 3 rings (SSSR count). The molecular formula is C10H5N8. The van der Waals surface area contributed by atoms with Crippen LogP contribution in [0.2, 0.25) is 0 Å². The predicted molar refractivity (Wildman–Crippen MR) is 58.5 cm³/mol. The summed E-state index contributed by atoms with van der Waals surface area (Å²) in [6.07, 6.45) is 7.19. The molecule has 0 unspecified atom stereocenters. The van der Waals surface area contributed by atoms with Gasteiger partial charge in [0.15, 0.2) is 6.33 Å². The first kappa shape index (κ1) is 10.3. The van der Waals surface area contributed by atoms with Crippen molar-refractivity contribution in [3.63, 3.8) is 0 Å². The smallest absolute Gasteiger partial charge is 0.198 e. The van der Waals surface area contributed by atoms with E-state index in [0.717, 1.165) is 0 Å². The molecule has 0 spiro atoms. The van der Waals surface area contributed by atoms with Crippen molar-refractivity contribution in [2.24, 2.45) is 0 Å². The summed E-state index contributed by atoms with van der Waals surface area (Å²) in [6.45, 7) is 0. The van der Waals surface area contributed by atoms with E-state index in [1.807, 2.05) is 0 Å². The second kappa shape index (κ2) is 4.53. The van der Waals surface area contributed by atoms with Crippen LogP contribution in [0.25, 0.3) is 22.6 Å². The average molecular weight is 237 g/mol. The zero-order chi connectivity index (χ0) is 12.2. The topological polar surface area (TPSA) is 103 Å². The van der Waals surface area contributed by atoms with Gasteiger partial charge in [-0.05, 0) is 22.6 Å². The van der Waals surface area contributed by atoms with Crippen LogP contribution >= 0.6 is 0 Å². The molecule has 8 nitrogen and oxygen atoms in total. The fraction of sp³-hybridized carbons (Fsp3) is 0. The van der Waals surface area contributed by atoms with Crippen molar-refractivity contribution in [3.8, 4) is 22.6 Å². The van der Waals surface area contributed by atoms with Crippen LogP contribution in [0.15, 0.2) is 30.7 Å². The normalized spacial score (nSPS) is 10.2. The third kappa shape index (κ3) is 1.86. The standard InChI is InChI=1S/C10H5N8/c1-3-13-17-15-8(1)7-5-11-6-12-10(7)9-2-4-14-18-16-9/h1-5H. The Bertz CT molecular complexity index is 584. The maximum Gasteiger partial charge on any atom is 0.198 e. The van der Waals surface area contributed by atoms with Crippen LogP contribution in [0.5, 0.6) is 0 Å². The number of hydrogen-bond acceptors (Lipinski definition) is 8. The minimum Gasteiger partial charge on any atom is -0.233 e. The fourth-order valence-electron chi connectivity index (χ4n) is 1.43. The average Bonchev–Trinajstić information content (AvgIpc) is 2.49. The first-order valence-electron chi connectivity index (χ1n) is 4.98. The second-order valence-electron chi connectivity index (χ2n) is 3.24. The fourth-order valence-corrected chi connectivity index (χ4v) is 1.43. The highest BCUT2D eigenvalue weighted by Crippen LogP contribution is 2.25. The summed E-state index contributed by atoms with van der Waals surface area (Å²) in [5, 5.41) is 22.2. The van der Waals surface area contributed by atoms with E-state index < -0.39 is 0 Å². The van der Waals surface area contributed by atoms with Crippen LogP contribution in [0.1, 0.15) is 0 Å². The summed E-state index contributed by atoms with van der Waals surface area (Å²) in [6, 6.07) is 3.41. The Morgan fingerprint density at radius 3 is 2.28 bits per heavy atom. The Balaban J connectivity index is 2.18. The minimum atomic E-state index is 0.567. The van der Waals surface area contributed by atoms with Gasteiger partial charge in [0.25, 0.3) is 0 Å². The lowest BCUT2D eigenvalue weighted by atomic mass is 10.1. The molecule has 3 heterocycles. The van der Waals surface area contributed by atoms with E-state index in [4.69, 9.17) is 0 Å². The minimum absolute atomic E-state index is 0.567. The third-order valence-corrected chi connectivity index (χ3v) is 2.19. The lowest BCUT2D eigenvalue weighted by Gasteiger charge is -2.03. The van der Waals surface area contributed by atoms with Crippen molar-refractivity contribution in [1.29, 1.82) is 0 Å². The monoisotopic (exact) mass is 237 g/mol. The highest BCUT2D eigenvalue weighted by atomic mass is 15.3. The van der Waals surface area contributed by atoms with Crippen molar-refractivity contribution in [3.05, 3.63) is 37.1 Å². The van der Waals surface area contributed by atoms with Crippen molar-refractivity contribution in [2.75, 3.05) is 0 Å². The van der Waals surface area contributed by atoms with E-state index in [1.165, 1.54) is 6.20 Å². The van der Waals surface area contributed by atoms with Crippen LogP contribution in [-0.2, 0) is 0 Å². The highest BCUT2D eigenvalue weighted by molar-refractivity contribution is 5.75. The SMILES string of the molecule is [c]1ncc(-c2ccnnn2)c(-c2ccnnn2)n1. The van der Waals surface area contributed by atoms with E-state index in [9.17, 15) is 0 Å². The van der Waals surface area contributed by atoms with E-state index in [1.54, 1.807) is 24.5 Å². The maximum atomic E-state index is 4.07. The number of nitrogens with zero attached hydrogens (tertiary/aromatic N) is 8. The highest BCUT2D eigenvalue weighted by Gasteiger charge is 2.12. The molecule has 0 fully saturated rings. The molecule has 8 heteroatoms. The molecule has 0 saturated heterocycles. The van der Waals surface area contributed by atoms with Gasteiger partial charge in [-0.3, -0.25) is 0 Å². The molecule has 0 atom stereocenters.